The number of ether oxygens (including phenoxy) is 1. The number of aromatic nitrogens is 1. The van der Waals surface area contributed by atoms with E-state index < -0.39 is 32.2 Å². The molecule has 0 N–H and O–H groups in total. The lowest BCUT2D eigenvalue weighted by molar-refractivity contribution is 0.415. The van der Waals surface area contributed by atoms with E-state index in [0.717, 1.165) is 18.3 Å². The average molecular weight is 429 g/mol. The smallest absolute Gasteiger partial charge is 0.208 e. The van der Waals surface area contributed by atoms with E-state index in [9.17, 15) is 21.6 Å². The molecule has 0 unspecified atom stereocenters. The zero-order valence-electron chi connectivity index (χ0n) is 15.6. The molecule has 0 spiro atoms. The third-order valence-corrected chi connectivity index (χ3v) is 6.33. The molecule has 0 atom stereocenters. The zero-order valence-corrected chi connectivity index (χ0v) is 16.4. The van der Waals surface area contributed by atoms with Crippen LogP contribution in [0.2, 0.25) is 0 Å². The number of hydrogen-bond acceptors (Lipinski definition) is 4. The van der Waals surface area contributed by atoms with Gasteiger partial charge in [0.1, 0.15) is 23.2 Å². The van der Waals surface area contributed by atoms with Gasteiger partial charge in [0.05, 0.1) is 22.4 Å². The lowest BCUT2D eigenvalue weighted by atomic mass is 10.0. The Hall–Kier alpha value is -3.39. The Bertz CT molecular complexity index is 1370. The van der Waals surface area contributed by atoms with Gasteiger partial charge in [-0.05, 0) is 48.0 Å². The summed E-state index contributed by atoms with van der Waals surface area (Å²) in [4.78, 5) is 3.25. The quantitative estimate of drug-likeness (QED) is 0.450. The third kappa shape index (κ3) is 3.50. The van der Waals surface area contributed by atoms with Gasteiger partial charge in [-0.1, -0.05) is 12.1 Å². The highest BCUT2D eigenvalue weighted by molar-refractivity contribution is 7.91. The molecule has 1 aromatic heterocycles. The maximum atomic E-state index is 14.0. The third-order valence-electron chi connectivity index (χ3n) is 4.59. The van der Waals surface area contributed by atoms with Crippen molar-refractivity contribution in [3.63, 3.8) is 0 Å². The van der Waals surface area contributed by atoms with Gasteiger partial charge in [0, 0.05) is 23.2 Å². The van der Waals surface area contributed by atoms with E-state index in [2.05, 4.69) is 4.98 Å². The molecule has 3 aromatic carbocycles. The van der Waals surface area contributed by atoms with Gasteiger partial charge in [0.2, 0.25) is 9.84 Å². The van der Waals surface area contributed by atoms with Crippen molar-refractivity contribution >= 4 is 20.7 Å². The van der Waals surface area contributed by atoms with Gasteiger partial charge in [-0.3, -0.25) is 4.98 Å². The first-order chi connectivity index (χ1) is 14.3. The number of nitrogens with zero attached hydrogens (tertiary/aromatic N) is 1. The lowest BCUT2D eigenvalue weighted by Gasteiger charge is -2.15. The van der Waals surface area contributed by atoms with Crippen LogP contribution in [0.25, 0.3) is 22.0 Å². The second-order valence-electron chi connectivity index (χ2n) is 6.50. The molecule has 0 aliphatic heterocycles. The zero-order chi connectivity index (χ0) is 21.5. The number of rotatable bonds is 4. The SMILES string of the molecule is COc1cccc(-c2c(S(=O)(=O)c3cc(F)cc(F)c3)cnc3ccc(F)cc23)c1. The van der Waals surface area contributed by atoms with Crippen LogP contribution in [0.5, 0.6) is 5.75 Å². The molecule has 0 saturated heterocycles. The van der Waals surface area contributed by atoms with Gasteiger partial charge in [-0.2, -0.15) is 0 Å². The maximum Gasteiger partial charge on any atom is 0.208 e. The monoisotopic (exact) mass is 429 g/mol. The number of sulfone groups is 1. The average Bonchev–Trinajstić information content (AvgIpc) is 2.72. The van der Waals surface area contributed by atoms with Crippen molar-refractivity contribution in [3.8, 4) is 16.9 Å². The van der Waals surface area contributed by atoms with Crippen LogP contribution in [0.1, 0.15) is 0 Å². The molecule has 0 amide bonds. The van der Waals surface area contributed by atoms with Crippen LogP contribution < -0.4 is 4.74 Å². The van der Waals surface area contributed by atoms with Crippen LogP contribution in [-0.2, 0) is 9.84 Å². The van der Waals surface area contributed by atoms with E-state index in [1.165, 1.54) is 25.3 Å². The normalized spacial score (nSPS) is 11.6. The van der Waals surface area contributed by atoms with Crippen molar-refractivity contribution in [3.05, 3.63) is 84.3 Å². The Balaban J connectivity index is 2.09. The molecule has 0 aliphatic carbocycles. The molecule has 1 heterocycles. The molecule has 4 aromatic rings. The van der Waals surface area contributed by atoms with Crippen LogP contribution in [0, 0.1) is 17.5 Å². The largest absolute Gasteiger partial charge is 0.497 e. The Morgan fingerprint density at radius 2 is 1.60 bits per heavy atom. The Morgan fingerprint density at radius 1 is 0.867 bits per heavy atom. The van der Waals surface area contributed by atoms with Crippen LogP contribution in [0.3, 0.4) is 0 Å². The molecule has 152 valence electrons. The summed E-state index contributed by atoms with van der Waals surface area (Å²) in [6.07, 6.45) is 1.10. The van der Waals surface area contributed by atoms with E-state index >= 15 is 0 Å². The molecule has 0 saturated carbocycles. The van der Waals surface area contributed by atoms with Crippen molar-refractivity contribution in [1.82, 2.24) is 4.98 Å². The lowest BCUT2D eigenvalue weighted by Crippen LogP contribution is -2.07. The van der Waals surface area contributed by atoms with Crippen molar-refractivity contribution in [2.24, 2.45) is 0 Å². The summed E-state index contributed by atoms with van der Waals surface area (Å²) in [6.45, 7) is 0. The number of benzene rings is 3. The molecule has 4 nitrogen and oxygen atoms in total. The van der Waals surface area contributed by atoms with Crippen molar-refractivity contribution in [2.45, 2.75) is 9.79 Å². The predicted molar refractivity (Wildman–Crippen MR) is 105 cm³/mol. The fourth-order valence-corrected chi connectivity index (χ4v) is 4.71. The molecular weight excluding hydrogens is 415 g/mol. The van der Waals surface area contributed by atoms with Gasteiger partial charge in [-0.25, -0.2) is 21.6 Å². The highest BCUT2D eigenvalue weighted by atomic mass is 32.2. The Labute approximate surface area is 170 Å². The predicted octanol–water partition coefficient (Wildman–Crippen LogP) is 5.16. The summed E-state index contributed by atoms with van der Waals surface area (Å²) >= 11 is 0. The van der Waals surface area contributed by atoms with Crippen LogP contribution in [0.15, 0.2) is 76.7 Å². The molecule has 0 aliphatic rings. The van der Waals surface area contributed by atoms with E-state index in [4.69, 9.17) is 4.74 Å². The number of fused-ring (bicyclic) bond motifs is 1. The molecular formula is C22H14F3NO3S. The summed E-state index contributed by atoms with van der Waals surface area (Å²) in [7, 11) is -2.94. The van der Waals surface area contributed by atoms with Gasteiger partial charge in [-0.15, -0.1) is 0 Å². The molecule has 4 rings (SSSR count). The maximum absolute atomic E-state index is 14.0. The minimum atomic E-state index is -4.39. The highest BCUT2D eigenvalue weighted by Gasteiger charge is 2.26. The summed E-state index contributed by atoms with van der Waals surface area (Å²) < 4.78 is 73.3. The Kier molecular flexibility index (Phi) is 4.95. The van der Waals surface area contributed by atoms with Gasteiger partial charge in [0.15, 0.2) is 0 Å². The highest BCUT2D eigenvalue weighted by Crippen LogP contribution is 2.38. The number of hydrogen-bond donors (Lipinski definition) is 0. The summed E-state index contributed by atoms with van der Waals surface area (Å²) in [6, 6.07) is 12.4. The van der Waals surface area contributed by atoms with Crippen molar-refractivity contribution < 1.29 is 26.3 Å². The van der Waals surface area contributed by atoms with E-state index in [0.29, 0.717) is 22.9 Å². The van der Waals surface area contributed by atoms with E-state index in [1.54, 1.807) is 24.3 Å². The molecule has 0 bridgehead atoms. The molecule has 30 heavy (non-hydrogen) atoms. The number of halogens is 3. The fourth-order valence-electron chi connectivity index (χ4n) is 3.24. The second-order valence-corrected chi connectivity index (χ2v) is 8.42. The van der Waals surface area contributed by atoms with Gasteiger partial charge >= 0.3 is 0 Å². The fraction of sp³-hybridized carbons (Fsp3) is 0.0455. The minimum absolute atomic E-state index is 0.156. The first-order valence-corrected chi connectivity index (χ1v) is 10.2. The topological polar surface area (TPSA) is 56.3 Å². The Morgan fingerprint density at radius 3 is 2.30 bits per heavy atom. The first-order valence-electron chi connectivity index (χ1n) is 8.73. The van der Waals surface area contributed by atoms with Gasteiger partial charge in [0.25, 0.3) is 0 Å². The van der Waals surface area contributed by atoms with Crippen LogP contribution in [-0.4, -0.2) is 20.5 Å². The van der Waals surface area contributed by atoms with Crippen molar-refractivity contribution in [1.29, 1.82) is 0 Å². The summed E-state index contributed by atoms with van der Waals surface area (Å²) in [5.41, 5.74) is 0.935. The number of pyridine rings is 1. The van der Waals surface area contributed by atoms with Gasteiger partial charge < -0.3 is 4.74 Å². The molecule has 0 radical (unpaired) electrons. The standard InChI is InChI=1S/C22H14F3NO3S/c1-29-17-4-2-3-13(7-17)22-19-11-14(23)5-6-20(19)26-12-21(22)30(27,28)18-9-15(24)8-16(25)10-18/h2-12H,1H3. The van der Waals surface area contributed by atoms with Crippen LogP contribution >= 0.6 is 0 Å². The van der Waals surface area contributed by atoms with Crippen molar-refractivity contribution in [2.75, 3.05) is 7.11 Å². The van der Waals surface area contributed by atoms with E-state index in [-0.39, 0.29) is 15.8 Å². The second kappa shape index (κ2) is 7.46. The minimum Gasteiger partial charge on any atom is -0.497 e. The summed E-state index contributed by atoms with van der Waals surface area (Å²) in [5, 5.41) is 0.237. The number of methoxy groups -OCH3 is 1. The van der Waals surface area contributed by atoms with Crippen LogP contribution in [0.4, 0.5) is 13.2 Å². The van der Waals surface area contributed by atoms with E-state index in [1.807, 2.05) is 0 Å². The first kappa shape index (κ1) is 19.9. The molecule has 0 fully saturated rings. The molecule has 8 heteroatoms. The summed E-state index contributed by atoms with van der Waals surface area (Å²) in [5.74, 6) is -2.19.